The van der Waals surface area contributed by atoms with Gasteiger partial charge in [-0.1, -0.05) is 52.0 Å². The Morgan fingerprint density at radius 1 is 0.600 bits per heavy atom. The second kappa shape index (κ2) is 11.0. The van der Waals surface area contributed by atoms with Crippen LogP contribution in [0.5, 0.6) is 0 Å². The van der Waals surface area contributed by atoms with Crippen molar-refractivity contribution < 1.29 is 19.1 Å². The van der Waals surface area contributed by atoms with Crippen molar-refractivity contribution in [2.24, 2.45) is 11.8 Å². The highest BCUT2D eigenvalue weighted by Crippen LogP contribution is 2.15. The van der Waals surface area contributed by atoms with Gasteiger partial charge in [0.1, 0.15) is 12.2 Å². The Bertz CT molecular complexity index is 748. The Hall–Kier alpha value is -2.62. The summed E-state index contributed by atoms with van der Waals surface area (Å²) < 4.78 is 11.0. The summed E-state index contributed by atoms with van der Waals surface area (Å²) in [6.45, 7) is 12.1. The number of carbonyl (C=O) groups is 2. The Morgan fingerprint density at radius 2 is 0.900 bits per heavy atom. The van der Waals surface area contributed by atoms with Crippen LogP contribution in [0.15, 0.2) is 48.5 Å². The summed E-state index contributed by atoms with van der Waals surface area (Å²) in [7, 11) is 0. The lowest BCUT2D eigenvalue weighted by Gasteiger charge is -2.21. The maximum Gasteiger partial charge on any atom is 0.338 e. The number of ether oxygens (including phenoxy) is 2. The van der Waals surface area contributed by atoms with Crippen LogP contribution in [-0.2, 0) is 22.3 Å². The smallest absolute Gasteiger partial charge is 0.338 e. The molecule has 0 heterocycles. The Morgan fingerprint density at radius 3 is 1.17 bits per heavy atom. The van der Waals surface area contributed by atoms with Crippen LogP contribution in [0.25, 0.3) is 0 Å². The molecular formula is C26H34O4. The summed E-state index contributed by atoms with van der Waals surface area (Å²) in [6.07, 6.45) is 0.822. The summed E-state index contributed by atoms with van der Waals surface area (Å²) in [4.78, 5) is 24.8. The van der Waals surface area contributed by atoms with Gasteiger partial charge in [0.05, 0.1) is 11.1 Å². The third kappa shape index (κ3) is 7.33. The van der Waals surface area contributed by atoms with Crippen molar-refractivity contribution in [1.82, 2.24) is 0 Å². The normalized spacial score (nSPS) is 13.2. The van der Waals surface area contributed by atoms with Crippen LogP contribution in [0.3, 0.4) is 0 Å². The molecule has 0 aromatic heterocycles. The molecule has 2 atom stereocenters. The molecular weight excluding hydrogens is 376 g/mol. The van der Waals surface area contributed by atoms with E-state index in [0.29, 0.717) is 23.0 Å². The summed E-state index contributed by atoms with van der Waals surface area (Å²) in [6, 6.07) is 14.9. The Labute approximate surface area is 180 Å². The van der Waals surface area contributed by atoms with Gasteiger partial charge in [-0.15, -0.1) is 0 Å². The van der Waals surface area contributed by atoms with E-state index in [1.807, 2.05) is 24.3 Å². The zero-order chi connectivity index (χ0) is 22.3. The van der Waals surface area contributed by atoms with E-state index in [0.717, 1.165) is 12.8 Å². The highest BCUT2D eigenvalue weighted by atomic mass is 16.6. The average Bonchev–Trinajstić information content (AvgIpc) is 2.68. The number of benzene rings is 2. The molecule has 4 heteroatoms. The van der Waals surface area contributed by atoms with Crippen molar-refractivity contribution in [3.8, 4) is 0 Å². The van der Waals surface area contributed by atoms with E-state index in [-0.39, 0.29) is 0 Å². The first-order valence-electron chi connectivity index (χ1n) is 10.8. The molecule has 0 spiro atoms. The molecule has 2 aromatic rings. The maximum absolute atomic E-state index is 12.4. The summed E-state index contributed by atoms with van der Waals surface area (Å²) in [5.41, 5.74) is 3.37. The molecule has 0 radical (unpaired) electrons. The minimum atomic E-state index is -0.558. The molecule has 30 heavy (non-hydrogen) atoms. The molecule has 162 valence electrons. The SMILES string of the molecule is CC(C)Cc1ccc(C(=O)O[C@H](C)[C@@H](C)OC(=O)c2ccc(CC(C)C)cc2)cc1. The number of rotatable bonds is 9. The second-order valence-electron chi connectivity index (χ2n) is 8.81. The summed E-state index contributed by atoms with van der Waals surface area (Å²) in [5, 5.41) is 0. The molecule has 0 bridgehead atoms. The summed E-state index contributed by atoms with van der Waals surface area (Å²) >= 11 is 0. The van der Waals surface area contributed by atoms with Gasteiger partial charge in [-0.05, 0) is 73.9 Å². The van der Waals surface area contributed by atoms with Gasteiger partial charge < -0.3 is 9.47 Å². The molecule has 0 saturated heterocycles. The molecule has 0 unspecified atom stereocenters. The molecule has 0 aliphatic carbocycles. The molecule has 0 N–H and O–H groups in total. The van der Waals surface area contributed by atoms with E-state index in [2.05, 4.69) is 27.7 Å². The van der Waals surface area contributed by atoms with Crippen molar-refractivity contribution in [3.63, 3.8) is 0 Å². The van der Waals surface area contributed by atoms with Crippen LogP contribution in [-0.4, -0.2) is 24.1 Å². The third-order valence-electron chi connectivity index (χ3n) is 4.91. The van der Waals surface area contributed by atoms with Crippen LogP contribution < -0.4 is 0 Å². The quantitative estimate of drug-likeness (QED) is 0.485. The fourth-order valence-corrected chi connectivity index (χ4v) is 3.16. The number of hydrogen-bond acceptors (Lipinski definition) is 4. The zero-order valence-electron chi connectivity index (χ0n) is 19.0. The van der Waals surface area contributed by atoms with E-state index in [1.54, 1.807) is 38.1 Å². The number of carbonyl (C=O) groups excluding carboxylic acids is 2. The highest BCUT2D eigenvalue weighted by molar-refractivity contribution is 5.90. The van der Waals surface area contributed by atoms with Gasteiger partial charge in [-0.25, -0.2) is 9.59 Å². The molecule has 2 aromatic carbocycles. The largest absolute Gasteiger partial charge is 0.455 e. The predicted molar refractivity (Wildman–Crippen MR) is 120 cm³/mol. The van der Waals surface area contributed by atoms with Crippen LogP contribution in [0.4, 0.5) is 0 Å². The van der Waals surface area contributed by atoms with Crippen LogP contribution >= 0.6 is 0 Å². The average molecular weight is 411 g/mol. The Kier molecular flexibility index (Phi) is 8.64. The molecule has 0 amide bonds. The van der Waals surface area contributed by atoms with E-state index in [1.165, 1.54) is 11.1 Å². The molecule has 0 aliphatic rings. The van der Waals surface area contributed by atoms with Crippen molar-refractivity contribution >= 4 is 11.9 Å². The van der Waals surface area contributed by atoms with Gasteiger partial charge in [0.2, 0.25) is 0 Å². The second-order valence-corrected chi connectivity index (χ2v) is 8.81. The minimum Gasteiger partial charge on any atom is -0.455 e. The standard InChI is InChI=1S/C26H34O4/c1-17(2)15-21-7-11-23(12-8-21)25(27)29-19(5)20(6)30-26(28)24-13-9-22(10-14-24)16-18(3)4/h7-14,17-20H,15-16H2,1-6H3/t19-,20-/m1/s1. The Balaban J connectivity index is 1.89. The fraction of sp³-hybridized carbons (Fsp3) is 0.462. The highest BCUT2D eigenvalue weighted by Gasteiger charge is 2.22. The van der Waals surface area contributed by atoms with E-state index >= 15 is 0 Å². The first kappa shape index (κ1) is 23.7. The van der Waals surface area contributed by atoms with Crippen molar-refractivity contribution in [1.29, 1.82) is 0 Å². The van der Waals surface area contributed by atoms with Crippen LogP contribution in [0.1, 0.15) is 73.4 Å². The lowest BCUT2D eigenvalue weighted by atomic mass is 10.0. The third-order valence-corrected chi connectivity index (χ3v) is 4.91. The number of esters is 2. The van der Waals surface area contributed by atoms with Crippen molar-refractivity contribution in [3.05, 3.63) is 70.8 Å². The van der Waals surface area contributed by atoms with Crippen molar-refractivity contribution in [2.45, 2.75) is 66.6 Å². The lowest BCUT2D eigenvalue weighted by molar-refractivity contribution is -0.0239. The predicted octanol–water partition coefficient (Wildman–Crippen LogP) is 5.87. The van der Waals surface area contributed by atoms with Crippen LogP contribution in [0.2, 0.25) is 0 Å². The van der Waals surface area contributed by atoms with Crippen molar-refractivity contribution in [2.75, 3.05) is 0 Å². The summed E-state index contributed by atoms with van der Waals surface area (Å²) in [5.74, 6) is 0.286. The van der Waals surface area contributed by atoms with E-state index < -0.39 is 24.1 Å². The zero-order valence-corrected chi connectivity index (χ0v) is 19.0. The molecule has 4 nitrogen and oxygen atoms in total. The maximum atomic E-state index is 12.4. The van der Waals surface area contributed by atoms with E-state index in [9.17, 15) is 9.59 Å². The molecule has 0 saturated carbocycles. The monoisotopic (exact) mass is 410 g/mol. The first-order chi connectivity index (χ1) is 14.2. The van der Waals surface area contributed by atoms with Crippen LogP contribution in [0, 0.1) is 11.8 Å². The topological polar surface area (TPSA) is 52.6 Å². The molecule has 0 fully saturated rings. The minimum absolute atomic E-state index is 0.417. The van der Waals surface area contributed by atoms with Gasteiger partial charge in [0, 0.05) is 0 Å². The first-order valence-corrected chi connectivity index (χ1v) is 10.8. The van der Waals surface area contributed by atoms with Gasteiger partial charge in [0.25, 0.3) is 0 Å². The lowest BCUT2D eigenvalue weighted by Crippen LogP contribution is -2.30. The van der Waals surface area contributed by atoms with Gasteiger partial charge in [-0.2, -0.15) is 0 Å². The van der Waals surface area contributed by atoms with E-state index in [4.69, 9.17) is 9.47 Å². The number of hydrogen-bond donors (Lipinski definition) is 0. The molecule has 2 rings (SSSR count). The van der Waals surface area contributed by atoms with Gasteiger partial charge in [0.15, 0.2) is 0 Å². The van der Waals surface area contributed by atoms with Gasteiger partial charge in [-0.3, -0.25) is 0 Å². The van der Waals surface area contributed by atoms with Gasteiger partial charge >= 0.3 is 11.9 Å². The molecule has 0 aliphatic heterocycles. The fourth-order valence-electron chi connectivity index (χ4n) is 3.16.